The van der Waals surface area contributed by atoms with Gasteiger partial charge in [-0.15, -0.1) is 0 Å². The first-order chi connectivity index (χ1) is 18.3. The maximum absolute atomic E-state index is 9.55. The second kappa shape index (κ2) is 14.1. The Labute approximate surface area is 229 Å². The molecule has 38 heavy (non-hydrogen) atoms. The van der Waals surface area contributed by atoms with E-state index in [2.05, 4.69) is 57.9 Å². The van der Waals surface area contributed by atoms with Crippen LogP contribution in [0, 0.1) is 0 Å². The molecule has 198 valence electrons. The summed E-state index contributed by atoms with van der Waals surface area (Å²) >= 11 is 3.50. The molecule has 0 bridgehead atoms. The summed E-state index contributed by atoms with van der Waals surface area (Å²) in [4.78, 5) is 26.0. The third-order valence-corrected chi connectivity index (χ3v) is 6.11. The minimum absolute atomic E-state index is 0.558. The summed E-state index contributed by atoms with van der Waals surface area (Å²) in [5.74, 6) is -1.65. The SMILES string of the molecule is CCN(CC)CCOc1ccc(-n2nc(-c3ccc(Br)cc3)c3cccnc32)cc1.O=C(O)/C=C\C(=O)O. The molecule has 4 rings (SSSR count). The fourth-order valence-corrected chi connectivity index (χ4v) is 3.88. The van der Waals surface area contributed by atoms with Crippen LogP contribution >= 0.6 is 15.9 Å². The summed E-state index contributed by atoms with van der Waals surface area (Å²) in [7, 11) is 0. The number of likely N-dealkylation sites (N-methyl/N-ethyl adjacent to an activating group) is 1. The van der Waals surface area contributed by atoms with Crippen molar-refractivity contribution in [3.05, 3.63) is 83.5 Å². The largest absolute Gasteiger partial charge is 0.492 e. The smallest absolute Gasteiger partial charge is 0.328 e. The van der Waals surface area contributed by atoms with E-state index in [1.807, 2.05) is 47.1 Å². The van der Waals surface area contributed by atoms with Gasteiger partial charge in [0.2, 0.25) is 0 Å². The highest BCUT2D eigenvalue weighted by atomic mass is 79.9. The highest BCUT2D eigenvalue weighted by Crippen LogP contribution is 2.30. The molecule has 0 aliphatic carbocycles. The molecule has 2 N–H and O–H groups in total. The number of fused-ring (bicyclic) bond motifs is 1. The Morgan fingerprint density at radius 3 is 2.18 bits per heavy atom. The number of aromatic nitrogens is 3. The van der Waals surface area contributed by atoms with E-state index in [-0.39, 0.29) is 0 Å². The Hall–Kier alpha value is -4.02. The number of rotatable bonds is 10. The van der Waals surface area contributed by atoms with E-state index >= 15 is 0 Å². The third kappa shape index (κ3) is 7.99. The second-order valence-corrected chi connectivity index (χ2v) is 8.94. The Bertz CT molecular complexity index is 1360. The van der Waals surface area contributed by atoms with Crippen molar-refractivity contribution in [2.75, 3.05) is 26.2 Å². The number of carboxylic acids is 2. The van der Waals surface area contributed by atoms with Gasteiger partial charge in [-0.05, 0) is 61.6 Å². The van der Waals surface area contributed by atoms with E-state index in [9.17, 15) is 9.59 Å². The number of hydrogen-bond acceptors (Lipinski definition) is 6. The van der Waals surface area contributed by atoms with Crippen LogP contribution in [0.4, 0.5) is 0 Å². The van der Waals surface area contributed by atoms with E-state index in [0.29, 0.717) is 18.8 Å². The summed E-state index contributed by atoms with van der Waals surface area (Å²) < 4.78 is 8.85. The maximum atomic E-state index is 9.55. The number of carbonyl (C=O) groups is 2. The number of carboxylic acid groups (broad SMARTS) is 2. The van der Waals surface area contributed by atoms with Gasteiger partial charge in [-0.25, -0.2) is 19.3 Å². The molecule has 2 aromatic carbocycles. The van der Waals surface area contributed by atoms with Crippen molar-refractivity contribution in [3.63, 3.8) is 0 Å². The quantitative estimate of drug-likeness (QED) is 0.243. The molecule has 0 amide bonds. The molecule has 9 nitrogen and oxygen atoms in total. The van der Waals surface area contributed by atoms with E-state index in [1.54, 1.807) is 6.20 Å². The number of ether oxygens (including phenoxy) is 1. The predicted molar refractivity (Wildman–Crippen MR) is 150 cm³/mol. The molecule has 2 aromatic heterocycles. The van der Waals surface area contributed by atoms with Gasteiger partial charge in [0, 0.05) is 40.3 Å². The molecule has 0 radical (unpaired) electrons. The van der Waals surface area contributed by atoms with Crippen LogP contribution in [0.3, 0.4) is 0 Å². The van der Waals surface area contributed by atoms with E-state index in [4.69, 9.17) is 20.0 Å². The first kappa shape index (κ1) is 28.5. The van der Waals surface area contributed by atoms with Gasteiger partial charge in [0.25, 0.3) is 0 Å². The number of pyridine rings is 1. The number of benzene rings is 2. The zero-order chi connectivity index (χ0) is 27.5. The van der Waals surface area contributed by atoms with Gasteiger partial charge in [0.05, 0.1) is 5.69 Å². The fraction of sp³-hybridized carbons (Fsp3) is 0.214. The average molecular weight is 581 g/mol. The topological polar surface area (TPSA) is 118 Å². The molecule has 0 unspecified atom stereocenters. The summed E-state index contributed by atoms with van der Waals surface area (Å²) in [6.45, 7) is 8.03. The van der Waals surface area contributed by atoms with Crippen LogP contribution in [0.25, 0.3) is 28.0 Å². The van der Waals surface area contributed by atoms with Crippen molar-refractivity contribution in [2.24, 2.45) is 0 Å². The zero-order valence-electron chi connectivity index (χ0n) is 21.1. The van der Waals surface area contributed by atoms with Crippen molar-refractivity contribution in [3.8, 4) is 22.7 Å². The molecule has 0 saturated heterocycles. The molecule has 2 heterocycles. The summed E-state index contributed by atoms with van der Waals surface area (Å²) in [6.07, 6.45) is 2.92. The van der Waals surface area contributed by atoms with Crippen molar-refractivity contribution >= 4 is 38.9 Å². The normalized spacial score (nSPS) is 10.9. The molecule has 0 saturated carbocycles. The molecule has 0 fully saturated rings. The van der Waals surface area contributed by atoms with Crippen molar-refractivity contribution in [1.29, 1.82) is 0 Å². The molecule has 10 heteroatoms. The van der Waals surface area contributed by atoms with Crippen LogP contribution < -0.4 is 4.74 Å². The number of nitrogens with zero attached hydrogens (tertiary/aromatic N) is 4. The van der Waals surface area contributed by atoms with E-state index < -0.39 is 11.9 Å². The van der Waals surface area contributed by atoms with Gasteiger partial charge in [0.15, 0.2) is 5.65 Å². The predicted octanol–water partition coefficient (Wildman–Crippen LogP) is 5.28. The first-order valence-electron chi connectivity index (χ1n) is 12.0. The Morgan fingerprint density at radius 1 is 0.974 bits per heavy atom. The van der Waals surface area contributed by atoms with Crippen molar-refractivity contribution < 1.29 is 24.5 Å². The van der Waals surface area contributed by atoms with Crippen LogP contribution in [0.2, 0.25) is 0 Å². The monoisotopic (exact) mass is 580 g/mol. The number of halogens is 1. The van der Waals surface area contributed by atoms with Gasteiger partial charge < -0.3 is 19.8 Å². The number of aliphatic carboxylic acids is 2. The van der Waals surface area contributed by atoms with Gasteiger partial charge in [-0.3, -0.25) is 0 Å². The highest BCUT2D eigenvalue weighted by Gasteiger charge is 2.14. The lowest BCUT2D eigenvalue weighted by Gasteiger charge is -2.18. The Balaban J connectivity index is 0.000000436. The van der Waals surface area contributed by atoms with Crippen molar-refractivity contribution in [2.45, 2.75) is 13.8 Å². The van der Waals surface area contributed by atoms with Crippen LogP contribution in [0.1, 0.15) is 13.8 Å². The first-order valence-corrected chi connectivity index (χ1v) is 12.8. The summed E-state index contributed by atoms with van der Waals surface area (Å²) in [6, 6.07) is 20.2. The van der Waals surface area contributed by atoms with Gasteiger partial charge in [-0.1, -0.05) is 41.9 Å². The highest BCUT2D eigenvalue weighted by molar-refractivity contribution is 9.10. The molecule has 0 aliphatic heterocycles. The molecule has 4 aromatic rings. The van der Waals surface area contributed by atoms with Crippen LogP contribution in [-0.2, 0) is 9.59 Å². The summed E-state index contributed by atoms with van der Waals surface area (Å²) in [5.41, 5.74) is 3.78. The second-order valence-electron chi connectivity index (χ2n) is 8.02. The van der Waals surface area contributed by atoms with Crippen LogP contribution in [-0.4, -0.2) is 68.1 Å². The molecular weight excluding hydrogens is 552 g/mol. The number of hydrogen-bond donors (Lipinski definition) is 2. The Morgan fingerprint density at radius 2 is 1.61 bits per heavy atom. The van der Waals surface area contributed by atoms with E-state index in [0.717, 1.165) is 57.8 Å². The molecule has 0 aliphatic rings. The lowest BCUT2D eigenvalue weighted by molar-refractivity contribution is -0.134. The Kier molecular flexibility index (Phi) is 10.6. The van der Waals surface area contributed by atoms with Gasteiger partial charge in [-0.2, -0.15) is 5.10 Å². The van der Waals surface area contributed by atoms with Crippen LogP contribution in [0.15, 0.2) is 83.5 Å². The average Bonchev–Trinajstić information content (AvgIpc) is 3.31. The molecule has 0 spiro atoms. The molecular formula is C28H29BrN4O5. The lowest BCUT2D eigenvalue weighted by atomic mass is 10.1. The minimum Gasteiger partial charge on any atom is -0.492 e. The summed E-state index contributed by atoms with van der Waals surface area (Å²) in [5, 5.41) is 21.5. The van der Waals surface area contributed by atoms with Crippen LogP contribution in [0.5, 0.6) is 5.75 Å². The fourth-order valence-electron chi connectivity index (χ4n) is 3.61. The standard InChI is InChI=1S/C24H25BrN4O.C4H4O4/c1-3-28(4-2)16-17-30-21-13-11-20(12-14-21)29-24-22(6-5-15-26-24)23(27-29)18-7-9-19(25)10-8-18;5-3(6)1-2-4(7)8/h5-15H,3-4,16-17H2,1-2H3;1-2H,(H,5,6)(H,7,8)/b;2-1-. The van der Waals surface area contributed by atoms with Gasteiger partial charge in [0.1, 0.15) is 18.1 Å². The van der Waals surface area contributed by atoms with E-state index in [1.165, 1.54) is 0 Å². The molecule has 0 atom stereocenters. The maximum Gasteiger partial charge on any atom is 0.328 e. The third-order valence-electron chi connectivity index (χ3n) is 5.58. The minimum atomic E-state index is -1.26. The van der Waals surface area contributed by atoms with Crippen molar-refractivity contribution in [1.82, 2.24) is 19.7 Å². The van der Waals surface area contributed by atoms with Gasteiger partial charge >= 0.3 is 11.9 Å². The lowest BCUT2D eigenvalue weighted by Crippen LogP contribution is -2.27. The zero-order valence-corrected chi connectivity index (χ0v) is 22.7.